The van der Waals surface area contributed by atoms with Gasteiger partial charge in [0.1, 0.15) is 6.54 Å². The first-order valence-electron chi connectivity index (χ1n) is 8.79. The summed E-state index contributed by atoms with van der Waals surface area (Å²) in [6.07, 6.45) is -3.01. The first-order chi connectivity index (χ1) is 12.4. The maximum absolute atomic E-state index is 12.5. The Hall–Kier alpha value is -2.16. The molecule has 1 aromatic carbocycles. The van der Waals surface area contributed by atoms with E-state index in [1.807, 2.05) is 4.90 Å². The number of nitrogens with zero attached hydrogens (tertiary/aromatic N) is 1. The number of piperidine rings is 1. The molecule has 1 aromatic rings. The normalized spacial score (nSPS) is 16.3. The van der Waals surface area contributed by atoms with Gasteiger partial charge in [-0.25, -0.2) is 4.79 Å². The third-order valence-electron chi connectivity index (χ3n) is 4.95. The predicted octanol–water partition coefficient (Wildman–Crippen LogP) is 3.39. The second-order valence-corrected chi connectivity index (χ2v) is 7.35. The predicted molar refractivity (Wildman–Crippen MR) is 98.7 cm³/mol. The summed E-state index contributed by atoms with van der Waals surface area (Å²) in [6, 6.07) is 2.80. The molecule has 0 atom stereocenters. The van der Waals surface area contributed by atoms with Crippen molar-refractivity contribution in [2.45, 2.75) is 38.5 Å². The first-order valence-corrected chi connectivity index (χ1v) is 8.79. The second-order valence-electron chi connectivity index (χ2n) is 7.35. The number of halogens is 3. The van der Waals surface area contributed by atoms with E-state index in [2.05, 4.69) is 10.6 Å². The molecule has 27 heavy (non-hydrogen) atoms. The van der Waals surface area contributed by atoms with Gasteiger partial charge in [-0.3, -0.25) is 0 Å². The third-order valence-corrected chi connectivity index (χ3v) is 4.95. The quantitative estimate of drug-likeness (QED) is 0.597. The molecular formula is C18H26F3N3O3. The Morgan fingerprint density at radius 2 is 1.81 bits per heavy atom. The highest BCUT2D eigenvalue weighted by atomic mass is 19.4. The monoisotopic (exact) mass is 389 g/mol. The van der Waals surface area contributed by atoms with Crippen molar-refractivity contribution in [3.63, 3.8) is 0 Å². The molecule has 1 aliphatic heterocycles. The summed E-state index contributed by atoms with van der Waals surface area (Å²) in [6.45, 7) is 3.39. The number of benzene rings is 1. The van der Waals surface area contributed by atoms with Gasteiger partial charge < -0.3 is 25.7 Å². The molecule has 0 amide bonds. The third kappa shape index (κ3) is 5.41. The molecule has 1 heterocycles. The molecule has 1 fully saturated rings. The average molecular weight is 389 g/mol. The fourth-order valence-corrected chi connectivity index (χ4v) is 3.40. The lowest BCUT2D eigenvalue weighted by Gasteiger charge is -2.39. The molecule has 0 bridgehead atoms. The summed E-state index contributed by atoms with van der Waals surface area (Å²) in [7, 11) is 1.57. The number of rotatable bonds is 6. The van der Waals surface area contributed by atoms with Crippen LogP contribution in [0.3, 0.4) is 0 Å². The summed E-state index contributed by atoms with van der Waals surface area (Å²) >= 11 is 0. The summed E-state index contributed by atoms with van der Waals surface area (Å²) in [5.41, 5.74) is 0.0775. The molecule has 6 nitrogen and oxygen atoms in total. The zero-order chi connectivity index (χ0) is 20.4. The SMILES string of the molecule is CNc1cc(N2CCC(C(C)(C)O)CC2)c(C(=O)O)cc1NCC(F)(F)F. The van der Waals surface area contributed by atoms with E-state index in [4.69, 9.17) is 0 Å². The maximum Gasteiger partial charge on any atom is 0.405 e. The van der Waals surface area contributed by atoms with Crippen LogP contribution in [0, 0.1) is 5.92 Å². The smallest absolute Gasteiger partial charge is 0.405 e. The van der Waals surface area contributed by atoms with Crippen molar-refractivity contribution >= 4 is 23.0 Å². The number of anilines is 3. The van der Waals surface area contributed by atoms with Crippen molar-refractivity contribution in [2.75, 3.05) is 42.2 Å². The fraction of sp³-hybridized carbons (Fsp3) is 0.611. The van der Waals surface area contributed by atoms with Crippen LogP contribution in [0.25, 0.3) is 0 Å². The van der Waals surface area contributed by atoms with Crippen LogP contribution in [0.1, 0.15) is 37.0 Å². The van der Waals surface area contributed by atoms with E-state index < -0.39 is 24.3 Å². The minimum atomic E-state index is -4.41. The lowest BCUT2D eigenvalue weighted by atomic mass is 9.83. The van der Waals surface area contributed by atoms with Gasteiger partial charge in [0, 0.05) is 20.1 Å². The number of aromatic carboxylic acids is 1. The van der Waals surface area contributed by atoms with E-state index in [1.165, 1.54) is 6.07 Å². The van der Waals surface area contributed by atoms with Crippen LogP contribution in [0.15, 0.2) is 12.1 Å². The molecule has 0 unspecified atom stereocenters. The maximum atomic E-state index is 12.5. The average Bonchev–Trinajstić information content (AvgIpc) is 2.57. The Balaban J connectivity index is 2.30. The number of carboxylic acid groups (broad SMARTS) is 1. The fourth-order valence-electron chi connectivity index (χ4n) is 3.40. The molecule has 152 valence electrons. The number of nitrogens with one attached hydrogen (secondary N) is 2. The highest BCUT2D eigenvalue weighted by molar-refractivity contribution is 5.98. The number of hydrogen-bond acceptors (Lipinski definition) is 5. The van der Waals surface area contributed by atoms with E-state index in [1.54, 1.807) is 27.0 Å². The zero-order valence-corrected chi connectivity index (χ0v) is 15.7. The zero-order valence-electron chi connectivity index (χ0n) is 15.7. The molecule has 0 aliphatic carbocycles. The molecule has 2 rings (SSSR count). The van der Waals surface area contributed by atoms with E-state index in [0.29, 0.717) is 37.3 Å². The van der Waals surface area contributed by atoms with Crippen molar-refractivity contribution in [1.29, 1.82) is 0 Å². The summed E-state index contributed by atoms with van der Waals surface area (Å²) in [5, 5.41) is 24.8. The van der Waals surface area contributed by atoms with Crippen molar-refractivity contribution in [3.8, 4) is 0 Å². The van der Waals surface area contributed by atoms with Crippen LogP contribution in [0.5, 0.6) is 0 Å². The molecule has 0 aromatic heterocycles. The minimum absolute atomic E-state index is 0.0552. The van der Waals surface area contributed by atoms with Crippen LogP contribution in [-0.4, -0.2) is 54.6 Å². The Morgan fingerprint density at radius 1 is 1.22 bits per heavy atom. The van der Waals surface area contributed by atoms with Crippen molar-refractivity contribution in [3.05, 3.63) is 17.7 Å². The van der Waals surface area contributed by atoms with Crippen LogP contribution in [0.4, 0.5) is 30.2 Å². The van der Waals surface area contributed by atoms with Gasteiger partial charge in [0.05, 0.1) is 28.2 Å². The van der Waals surface area contributed by atoms with Gasteiger partial charge in [0.25, 0.3) is 0 Å². The summed E-state index contributed by atoms with van der Waals surface area (Å²) in [4.78, 5) is 13.6. The van der Waals surface area contributed by atoms with E-state index >= 15 is 0 Å². The molecule has 0 saturated carbocycles. The van der Waals surface area contributed by atoms with Gasteiger partial charge in [-0.1, -0.05) is 0 Å². The number of aliphatic hydroxyl groups is 1. The van der Waals surface area contributed by atoms with Crippen LogP contribution in [0.2, 0.25) is 0 Å². The number of carboxylic acids is 1. The number of carbonyl (C=O) groups is 1. The Labute approximate surface area is 156 Å². The van der Waals surface area contributed by atoms with Crippen LogP contribution in [-0.2, 0) is 0 Å². The van der Waals surface area contributed by atoms with Crippen molar-refractivity contribution in [1.82, 2.24) is 0 Å². The number of alkyl halides is 3. The van der Waals surface area contributed by atoms with Gasteiger partial charge in [-0.15, -0.1) is 0 Å². The largest absolute Gasteiger partial charge is 0.478 e. The highest BCUT2D eigenvalue weighted by Gasteiger charge is 2.32. The Bertz CT molecular complexity index is 679. The summed E-state index contributed by atoms with van der Waals surface area (Å²) < 4.78 is 37.5. The van der Waals surface area contributed by atoms with Gasteiger partial charge in [0.15, 0.2) is 0 Å². The molecule has 0 radical (unpaired) electrons. The topological polar surface area (TPSA) is 84.8 Å². The minimum Gasteiger partial charge on any atom is -0.478 e. The Morgan fingerprint density at radius 3 is 2.26 bits per heavy atom. The van der Waals surface area contributed by atoms with Gasteiger partial charge in [-0.05, 0) is 44.7 Å². The van der Waals surface area contributed by atoms with Gasteiger partial charge >= 0.3 is 12.1 Å². The van der Waals surface area contributed by atoms with Crippen molar-refractivity contribution in [2.24, 2.45) is 5.92 Å². The van der Waals surface area contributed by atoms with Crippen LogP contribution >= 0.6 is 0 Å². The van der Waals surface area contributed by atoms with E-state index in [0.717, 1.165) is 0 Å². The standard InChI is InChI=1S/C18H26F3N3O3/c1-17(2,27)11-4-6-24(7-5-11)15-9-13(22-3)14(8-12(15)16(25)26)23-10-18(19,20)21/h8-9,11,22-23,27H,4-7,10H2,1-3H3,(H,25,26). The first kappa shape index (κ1) is 21.1. The molecule has 1 saturated heterocycles. The van der Waals surface area contributed by atoms with Crippen LogP contribution < -0.4 is 15.5 Å². The lowest BCUT2D eigenvalue weighted by molar-refractivity contribution is -0.115. The molecule has 0 spiro atoms. The lowest BCUT2D eigenvalue weighted by Crippen LogP contribution is -2.42. The van der Waals surface area contributed by atoms with E-state index in [-0.39, 0.29) is 17.2 Å². The summed E-state index contributed by atoms with van der Waals surface area (Å²) in [5.74, 6) is -1.09. The van der Waals surface area contributed by atoms with Gasteiger partial charge in [-0.2, -0.15) is 13.2 Å². The van der Waals surface area contributed by atoms with Gasteiger partial charge in [0.2, 0.25) is 0 Å². The van der Waals surface area contributed by atoms with Crippen molar-refractivity contribution < 1.29 is 28.2 Å². The van der Waals surface area contributed by atoms with E-state index in [9.17, 15) is 28.2 Å². The molecular weight excluding hydrogens is 363 g/mol. The molecule has 1 aliphatic rings. The molecule has 9 heteroatoms. The molecule has 4 N–H and O–H groups in total. The number of hydrogen-bond donors (Lipinski definition) is 4. The highest BCUT2D eigenvalue weighted by Crippen LogP contribution is 2.36. The second kappa shape index (κ2) is 7.84. The Kier molecular flexibility index (Phi) is 6.14.